The molecule has 0 aliphatic rings. The summed E-state index contributed by atoms with van der Waals surface area (Å²) in [5.74, 6) is -0.297. The van der Waals surface area contributed by atoms with Crippen LogP contribution >= 0.6 is 0 Å². The molecular formula is C22H44O3. The highest BCUT2D eigenvalue weighted by Crippen LogP contribution is 2.15. The number of esters is 1. The molecular weight excluding hydrogens is 312 g/mol. The van der Waals surface area contributed by atoms with Crippen LogP contribution in [-0.4, -0.2) is 22.8 Å². The molecule has 0 bridgehead atoms. The standard InChI is InChI=1S/C22H44O3/c1-5-6-7-8-9-10-11-12-13-14-15-16-17-18-20(23)19-21(24)25-22(2,3)4/h20,23H,5-19H2,1-4H3/t20-/m0/s1. The van der Waals surface area contributed by atoms with E-state index >= 15 is 0 Å². The summed E-state index contributed by atoms with van der Waals surface area (Å²) in [6.07, 6.45) is 17.5. The molecule has 1 N–H and O–H groups in total. The first-order valence-corrected chi connectivity index (χ1v) is 10.7. The van der Waals surface area contributed by atoms with Gasteiger partial charge in [0.05, 0.1) is 12.5 Å². The van der Waals surface area contributed by atoms with Crippen molar-refractivity contribution in [2.75, 3.05) is 0 Å². The maximum absolute atomic E-state index is 11.6. The third kappa shape index (κ3) is 19.6. The molecule has 0 unspecified atom stereocenters. The maximum Gasteiger partial charge on any atom is 0.308 e. The molecule has 0 aromatic rings. The zero-order valence-corrected chi connectivity index (χ0v) is 17.4. The Morgan fingerprint density at radius 2 is 1.20 bits per heavy atom. The normalized spacial score (nSPS) is 13.0. The first-order valence-electron chi connectivity index (χ1n) is 10.7. The maximum atomic E-state index is 11.6. The monoisotopic (exact) mass is 356 g/mol. The molecule has 0 fully saturated rings. The van der Waals surface area contributed by atoms with Crippen LogP contribution < -0.4 is 0 Å². The molecule has 3 nitrogen and oxygen atoms in total. The lowest BCUT2D eigenvalue weighted by atomic mass is 10.0. The first kappa shape index (κ1) is 24.4. The average Bonchev–Trinajstić information content (AvgIpc) is 2.49. The molecule has 0 radical (unpaired) electrons. The summed E-state index contributed by atoms with van der Waals surface area (Å²) in [6.45, 7) is 7.82. The van der Waals surface area contributed by atoms with Gasteiger partial charge < -0.3 is 9.84 Å². The molecule has 0 saturated carbocycles. The Labute approximate surface area is 156 Å². The lowest BCUT2D eigenvalue weighted by Gasteiger charge is -2.20. The van der Waals surface area contributed by atoms with Crippen LogP contribution in [0.15, 0.2) is 0 Å². The predicted molar refractivity (Wildman–Crippen MR) is 107 cm³/mol. The fraction of sp³-hybridized carbons (Fsp3) is 0.955. The van der Waals surface area contributed by atoms with Crippen molar-refractivity contribution in [2.45, 2.75) is 136 Å². The van der Waals surface area contributed by atoms with Crippen LogP contribution in [0.4, 0.5) is 0 Å². The smallest absolute Gasteiger partial charge is 0.308 e. The van der Waals surface area contributed by atoms with Gasteiger partial charge in [0.1, 0.15) is 5.60 Å². The summed E-state index contributed by atoms with van der Waals surface area (Å²) in [7, 11) is 0. The number of ether oxygens (including phenoxy) is 1. The number of hydrogen-bond donors (Lipinski definition) is 1. The molecule has 0 heterocycles. The summed E-state index contributed by atoms with van der Waals surface area (Å²) >= 11 is 0. The highest BCUT2D eigenvalue weighted by molar-refractivity contribution is 5.70. The molecule has 0 rings (SSSR count). The predicted octanol–water partition coefficient (Wildman–Crippen LogP) is 6.56. The second-order valence-electron chi connectivity index (χ2n) is 8.48. The van der Waals surface area contributed by atoms with Crippen LogP contribution in [0.3, 0.4) is 0 Å². The zero-order chi connectivity index (χ0) is 19.0. The van der Waals surface area contributed by atoms with Crippen LogP contribution in [0, 0.1) is 0 Å². The van der Waals surface area contributed by atoms with Crippen molar-refractivity contribution in [1.29, 1.82) is 0 Å². The lowest BCUT2D eigenvalue weighted by molar-refractivity contribution is -0.157. The van der Waals surface area contributed by atoms with Gasteiger partial charge in [0.25, 0.3) is 0 Å². The van der Waals surface area contributed by atoms with Crippen LogP contribution in [0.5, 0.6) is 0 Å². The van der Waals surface area contributed by atoms with E-state index in [-0.39, 0.29) is 12.4 Å². The number of unbranched alkanes of at least 4 members (excludes halogenated alkanes) is 12. The van der Waals surface area contributed by atoms with Gasteiger partial charge >= 0.3 is 5.97 Å². The summed E-state index contributed by atoms with van der Waals surface area (Å²) in [6, 6.07) is 0. The van der Waals surface area contributed by atoms with E-state index in [1.54, 1.807) is 0 Å². The van der Waals surface area contributed by atoms with Crippen molar-refractivity contribution in [2.24, 2.45) is 0 Å². The zero-order valence-electron chi connectivity index (χ0n) is 17.4. The van der Waals surface area contributed by atoms with Gasteiger partial charge in [-0.05, 0) is 27.2 Å². The summed E-state index contributed by atoms with van der Waals surface area (Å²) in [4.78, 5) is 11.6. The SMILES string of the molecule is CCCCCCCCCCCCCCC[C@H](O)CC(=O)OC(C)(C)C. The second-order valence-corrected chi connectivity index (χ2v) is 8.48. The fourth-order valence-electron chi connectivity index (χ4n) is 3.08. The van der Waals surface area contributed by atoms with Gasteiger partial charge in [-0.25, -0.2) is 0 Å². The van der Waals surface area contributed by atoms with Gasteiger partial charge in [-0.3, -0.25) is 4.79 Å². The molecule has 0 aliphatic carbocycles. The summed E-state index contributed by atoms with van der Waals surface area (Å²) in [5.41, 5.74) is -0.466. The summed E-state index contributed by atoms with van der Waals surface area (Å²) in [5, 5.41) is 9.89. The number of hydrogen-bond acceptors (Lipinski definition) is 3. The third-order valence-corrected chi connectivity index (χ3v) is 4.46. The lowest BCUT2D eigenvalue weighted by Crippen LogP contribution is -2.26. The first-order chi connectivity index (χ1) is 11.8. The van der Waals surface area contributed by atoms with Gasteiger partial charge in [-0.15, -0.1) is 0 Å². The van der Waals surface area contributed by atoms with E-state index in [9.17, 15) is 9.90 Å². The second kappa shape index (κ2) is 15.7. The average molecular weight is 357 g/mol. The van der Waals surface area contributed by atoms with Crippen molar-refractivity contribution >= 4 is 5.97 Å². The number of aliphatic hydroxyl groups excluding tert-OH is 1. The molecule has 0 amide bonds. The fourth-order valence-corrected chi connectivity index (χ4v) is 3.08. The van der Waals surface area contributed by atoms with Crippen molar-refractivity contribution in [3.8, 4) is 0 Å². The largest absolute Gasteiger partial charge is 0.460 e. The van der Waals surface area contributed by atoms with Gasteiger partial charge in [-0.2, -0.15) is 0 Å². The number of rotatable bonds is 16. The van der Waals surface area contributed by atoms with E-state index in [0.29, 0.717) is 6.42 Å². The van der Waals surface area contributed by atoms with Crippen molar-refractivity contribution < 1.29 is 14.6 Å². The number of carbonyl (C=O) groups excluding carboxylic acids is 1. The van der Waals surface area contributed by atoms with E-state index in [1.807, 2.05) is 20.8 Å². The highest BCUT2D eigenvalue weighted by atomic mass is 16.6. The van der Waals surface area contributed by atoms with E-state index in [0.717, 1.165) is 12.8 Å². The minimum absolute atomic E-state index is 0.121. The van der Waals surface area contributed by atoms with Crippen LogP contribution in [0.1, 0.15) is 124 Å². The van der Waals surface area contributed by atoms with E-state index in [2.05, 4.69) is 6.92 Å². The molecule has 0 aromatic carbocycles. The molecule has 0 aliphatic heterocycles. The van der Waals surface area contributed by atoms with Crippen molar-refractivity contribution in [1.82, 2.24) is 0 Å². The Bertz CT molecular complexity index is 307. The molecule has 3 heteroatoms. The van der Waals surface area contributed by atoms with Gasteiger partial charge in [-0.1, -0.05) is 90.4 Å². The Kier molecular flexibility index (Phi) is 15.3. The van der Waals surface area contributed by atoms with E-state index in [4.69, 9.17) is 4.74 Å². The molecule has 0 aromatic heterocycles. The van der Waals surface area contributed by atoms with Crippen molar-refractivity contribution in [3.05, 3.63) is 0 Å². The highest BCUT2D eigenvalue weighted by Gasteiger charge is 2.18. The molecule has 150 valence electrons. The number of carbonyl (C=O) groups is 1. The minimum Gasteiger partial charge on any atom is -0.460 e. The Hall–Kier alpha value is -0.570. The molecule has 0 saturated heterocycles. The van der Waals surface area contributed by atoms with Crippen LogP contribution in [0.25, 0.3) is 0 Å². The van der Waals surface area contributed by atoms with E-state index in [1.165, 1.54) is 70.6 Å². The quantitative estimate of drug-likeness (QED) is 0.251. The minimum atomic E-state index is -0.553. The van der Waals surface area contributed by atoms with Gasteiger partial charge in [0.15, 0.2) is 0 Å². The van der Waals surface area contributed by atoms with Gasteiger partial charge in [0.2, 0.25) is 0 Å². The molecule has 1 atom stereocenters. The van der Waals surface area contributed by atoms with Crippen LogP contribution in [0.2, 0.25) is 0 Å². The Balaban J connectivity index is 3.31. The third-order valence-electron chi connectivity index (χ3n) is 4.46. The summed E-state index contributed by atoms with van der Waals surface area (Å²) < 4.78 is 5.23. The Morgan fingerprint density at radius 1 is 0.800 bits per heavy atom. The topological polar surface area (TPSA) is 46.5 Å². The van der Waals surface area contributed by atoms with Gasteiger partial charge in [0, 0.05) is 0 Å². The molecule has 0 spiro atoms. The molecule has 25 heavy (non-hydrogen) atoms. The van der Waals surface area contributed by atoms with Crippen LogP contribution in [-0.2, 0) is 9.53 Å². The Morgan fingerprint density at radius 3 is 1.60 bits per heavy atom. The number of aliphatic hydroxyl groups is 1. The van der Waals surface area contributed by atoms with Crippen molar-refractivity contribution in [3.63, 3.8) is 0 Å². The van der Waals surface area contributed by atoms with E-state index < -0.39 is 11.7 Å².